The van der Waals surface area contributed by atoms with Gasteiger partial charge >= 0.3 is 0 Å². The number of hydrazone groups is 1. The third-order valence-corrected chi connectivity index (χ3v) is 7.17. The fourth-order valence-electron chi connectivity index (χ4n) is 3.37. The van der Waals surface area contributed by atoms with Crippen LogP contribution in [-0.4, -0.2) is 36.5 Å². The number of rotatable bonds is 5. The molecule has 29 heavy (non-hydrogen) atoms. The normalized spacial score (nSPS) is 15.7. The van der Waals surface area contributed by atoms with Gasteiger partial charge in [0.15, 0.2) is 0 Å². The first-order chi connectivity index (χ1) is 13.9. The maximum absolute atomic E-state index is 12.6. The Morgan fingerprint density at radius 1 is 1.10 bits per heavy atom. The Hall–Kier alpha value is -2.48. The fraction of sp³-hybridized carbons (Fsp3) is 0.238. The van der Waals surface area contributed by atoms with Crippen LogP contribution in [-0.2, 0) is 10.0 Å². The van der Waals surface area contributed by atoms with Gasteiger partial charge in [0.1, 0.15) is 0 Å². The maximum atomic E-state index is 12.6. The summed E-state index contributed by atoms with van der Waals surface area (Å²) in [5.41, 5.74) is 6.27. The van der Waals surface area contributed by atoms with E-state index < -0.39 is 10.0 Å². The minimum absolute atomic E-state index is 0.320. The SMILES string of the molecule is C/C(=N\Nc1ccnc2cc(Cl)ccc12)c1ccc(S(=O)(=O)N2CCCC2)cc1. The molecule has 0 radical (unpaired) electrons. The first-order valence-electron chi connectivity index (χ1n) is 9.40. The van der Waals surface area contributed by atoms with Crippen molar-refractivity contribution in [1.82, 2.24) is 9.29 Å². The van der Waals surface area contributed by atoms with E-state index >= 15 is 0 Å². The van der Waals surface area contributed by atoms with Gasteiger partial charge in [-0.2, -0.15) is 9.41 Å². The van der Waals surface area contributed by atoms with E-state index in [-0.39, 0.29) is 0 Å². The van der Waals surface area contributed by atoms with Crippen molar-refractivity contribution in [3.8, 4) is 0 Å². The zero-order valence-electron chi connectivity index (χ0n) is 16.0. The number of aromatic nitrogens is 1. The molecule has 3 aromatic rings. The van der Waals surface area contributed by atoms with Crippen LogP contribution in [0.2, 0.25) is 5.02 Å². The van der Waals surface area contributed by atoms with Crippen molar-refractivity contribution in [3.05, 3.63) is 65.3 Å². The molecule has 1 aliphatic rings. The average Bonchev–Trinajstić information content (AvgIpc) is 3.27. The van der Waals surface area contributed by atoms with Crippen LogP contribution in [0, 0.1) is 0 Å². The maximum Gasteiger partial charge on any atom is 0.243 e. The lowest BCUT2D eigenvalue weighted by atomic mass is 10.1. The summed E-state index contributed by atoms with van der Waals surface area (Å²) in [4.78, 5) is 4.64. The largest absolute Gasteiger partial charge is 0.277 e. The van der Waals surface area contributed by atoms with Crippen LogP contribution >= 0.6 is 11.6 Å². The lowest BCUT2D eigenvalue weighted by molar-refractivity contribution is 0.477. The molecule has 1 saturated heterocycles. The van der Waals surface area contributed by atoms with E-state index in [1.807, 2.05) is 25.1 Å². The lowest BCUT2D eigenvalue weighted by Crippen LogP contribution is -2.27. The summed E-state index contributed by atoms with van der Waals surface area (Å²) in [6.45, 7) is 3.07. The molecule has 0 bridgehead atoms. The third-order valence-electron chi connectivity index (χ3n) is 5.02. The number of nitrogens with zero attached hydrogens (tertiary/aromatic N) is 3. The van der Waals surface area contributed by atoms with Crippen LogP contribution in [0.15, 0.2) is 64.7 Å². The summed E-state index contributed by atoms with van der Waals surface area (Å²) in [6.07, 6.45) is 3.54. The van der Waals surface area contributed by atoms with Crippen molar-refractivity contribution in [2.75, 3.05) is 18.5 Å². The van der Waals surface area contributed by atoms with Crippen molar-refractivity contribution in [3.63, 3.8) is 0 Å². The molecule has 1 aromatic heterocycles. The fourth-order valence-corrected chi connectivity index (χ4v) is 5.06. The van der Waals surface area contributed by atoms with Crippen molar-refractivity contribution in [2.24, 2.45) is 5.10 Å². The molecule has 1 N–H and O–H groups in total. The number of pyridine rings is 1. The van der Waals surface area contributed by atoms with Crippen molar-refractivity contribution < 1.29 is 8.42 Å². The molecule has 8 heteroatoms. The second-order valence-corrected chi connectivity index (χ2v) is 9.34. The van der Waals surface area contributed by atoms with Gasteiger partial charge < -0.3 is 0 Å². The van der Waals surface area contributed by atoms with Gasteiger partial charge in [-0.05, 0) is 61.7 Å². The molecule has 6 nitrogen and oxygen atoms in total. The molecular weight excluding hydrogens is 408 g/mol. The standard InChI is InChI=1S/C21H21ClN4O2S/c1-15(24-25-20-10-11-23-21-14-17(22)6-9-19(20)21)16-4-7-18(8-5-16)29(27,28)26-12-2-3-13-26/h4-11,14H,2-3,12-13H2,1H3,(H,23,25)/b24-15+. The highest BCUT2D eigenvalue weighted by molar-refractivity contribution is 7.89. The minimum atomic E-state index is -3.40. The van der Waals surface area contributed by atoms with Crippen molar-refractivity contribution in [1.29, 1.82) is 0 Å². The quantitative estimate of drug-likeness (QED) is 0.479. The summed E-state index contributed by atoms with van der Waals surface area (Å²) in [6, 6.07) is 14.2. The van der Waals surface area contributed by atoms with Gasteiger partial charge in [-0.3, -0.25) is 10.4 Å². The number of benzene rings is 2. The predicted molar refractivity (Wildman–Crippen MR) is 117 cm³/mol. The van der Waals surface area contributed by atoms with Crippen LogP contribution in [0.4, 0.5) is 5.69 Å². The van der Waals surface area contributed by atoms with Gasteiger partial charge in [0.05, 0.1) is 21.8 Å². The van der Waals surface area contributed by atoms with Gasteiger partial charge in [-0.1, -0.05) is 23.7 Å². The average molecular weight is 429 g/mol. The van der Waals surface area contributed by atoms with Crippen molar-refractivity contribution in [2.45, 2.75) is 24.7 Å². The Balaban J connectivity index is 1.54. The van der Waals surface area contributed by atoms with Crippen LogP contribution in [0.3, 0.4) is 0 Å². The number of hydrogen-bond donors (Lipinski definition) is 1. The first-order valence-corrected chi connectivity index (χ1v) is 11.2. The number of anilines is 1. The van der Waals surface area contributed by atoms with E-state index in [2.05, 4.69) is 15.5 Å². The summed E-state index contributed by atoms with van der Waals surface area (Å²) in [5.74, 6) is 0. The van der Waals surface area contributed by atoms with Crippen molar-refractivity contribution >= 4 is 43.9 Å². The van der Waals surface area contributed by atoms with Gasteiger partial charge in [0, 0.05) is 29.7 Å². The van der Waals surface area contributed by atoms with E-state index in [0.717, 1.165) is 40.7 Å². The molecule has 0 aliphatic carbocycles. The molecule has 0 spiro atoms. The highest BCUT2D eigenvalue weighted by Gasteiger charge is 2.26. The smallest absolute Gasteiger partial charge is 0.243 e. The van der Waals surface area contributed by atoms with Crippen LogP contribution < -0.4 is 5.43 Å². The molecule has 1 aliphatic heterocycles. The Morgan fingerprint density at radius 3 is 2.55 bits per heavy atom. The van der Waals surface area contributed by atoms with Gasteiger partial charge in [0.2, 0.25) is 10.0 Å². The Labute approximate surface area is 175 Å². The Bertz CT molecular complexity index is 1170. The van der Waals surface area contributed by atoms with Gasteiger partial charge in [-0.15, -0.1) is 0 Å². The van der Waals surface area contributed by atoms with Crippen LogP contribution in [0.25, 0.3) is 10.9 Å². The molecule has 0 unspecified atom stereocenters. The number of hydrogen-bond acceptors (Lipinski definition) is 5. The molecule has 0 saturated carbocycles. The molecule has 2 heterocycles. The zero-order chi connectivity index (χ0) is 20.4. The highest BCUT2D eigenvalue weighted by atomic mass is 35.5. The monoisotopic (exact) mass is 428 g/mol. The first kappa shape index (κ1) is 19.8. The Kier molecular flexibility index (Phi) is 5.54. The van der Waals surface area contributed by atoms with Gasteiger partial charge in [-0.25, -0.2) is 8.42 Å². The summed E-state index contributed by atoms with van der Waals surface area (Å²) >= 11 is 6.03. The topological polar surface area (TPSA) is 74.7 Å². The summed E-state index contributed by atoms with van der Waals surface area (Å²) < 4.78 is 26.8. The number of sulfonamides is 1. The predicted octanol–water partition coefficient (Wildman–Crippen LogP) is 4.51. The zero-order valence-corrected chi connectivity index (χ0v) is 17.5. The van der Waals surface area contributed by atoms with Crippen LogP contribution in [0.1, 0.15) is 25.3 Å². The van der Waals surface area contributed by atoms with E-state index in [9.17, 15) is 8.42 Å². The van der Waals surface area contributed by atoms with E-state index in [1.165, 1.54) is 0 Å². The van der Waals surface area contributed by atoms with E-state index in [0.29, 0.717) is 23.0 Å². The summed E-state index contributed by atoms with van der Waals surface area (Å²) in [7, 11) is -3.40. The van der Waals surface area contributed by atoms with Crippen LogP contribution in [0.5, 0.6) is 0 Å². The number of nitrogens with one attached hydrogen (secondary N) is 1. The summed E-state index contributed by atoms with van der Waals surface area (Å²) in [5, 5.41) is 6.00. The van der Waals surface area contributed by atoms with E-state index in [1.54, 1.807) is 40.8 Å². The second-order valence-electron chi connectivity index (χ2n) is 6.96. The van der Waals surface area contributed by atoms with E-state index in [4.69, 9.17) is 11.6 Å². The van der Waals surface area contributed by atoms with Gasteiger partial charge in [0.25, 0.3) is 0 Å². The second kappa shape index (κ2) is 8.10. The minimum Gasteiger partial charge on any atom is -0.277 e. The molecule has 4 rings (SSSR count). The Morgan fingerprint density at radius 2 is 1.83 bits per heavy atom. The molecule has 1 fully saturated rings. The lowest BCUT2D eigenvalue weighted by Gasteiger charge is -2.15. The molecule has 2 aromatic carbocycles. The third kappa shape index (κ3) is 4.12. The molecular formula is C21H21ClN4O2S. The number of halogens is 1. The number of fused-ring (bicyclic) bond motifs is 1. The highest BCUT2D eigenvalue weighted by Crippen LogP contribution is 2.25. The molecule has 150 valence electrons. The molecule has 0 atom stereocenters. The molecule has 0 amide bonds.